The fraction of sp³-hybridized carbons (Fsp3) is 0.923. The first kappa shape index (κ1) is 13.5. The van der Waals surface area contributed by atoms with Gasteiger partial charge in [-0.25, -0.2) is 0 Å². The third-order valence-corrected chi connectivity index (χ3v) is 3.55. The molecule has 1 atom stereocenters. The van der Waals surface area contributed by atoms with E-state index in [2.05, 4.69) is 20.8 Å². The summed E-state index contributed by atoms with van der Waals surface area (Å²) in [4.78, 5) is 11.3. The first-order valence-corrected chi connectivity index (χ1v) is 6.26. The minimum atomic E-state index is -0.500. The van der Waals surface area contributed by atoms with Gasteiger partial charge in [0, 0.05) is 0 Å². The monoisotopic (exact) mass is 227 g/mol. The van der Waals surface area contributed by atoms with Gasteiger partial charge in [-0.15, -0.1) is 0 Å². The van der Waals surface area contributed by atoms with Crippen LogP contribution in [-0.2, 0) is 9.53 Å². The van der Waals surface area contributed by atoms with Crippen LogP contribution in [0.2, 0.25) is 0 Å². The second-order valence-corrected chi connectivity index (χ2v) is 6.07. The lowest BCUT2D eigenvalue weighted by Crippen LogP contribution is -2.35. The number of carbonyl (C=O) groups is 1. The highest BCUT2D eigenvalue weighted by molar-refractivity contribution is 5.75. The topological polar surface area (TPSA) is 52.3 Å². The molecule has 0 aromatic rings. The van der Waals surface area contributed by atoms with E-state index in [1.54, 1.807) is 6.92 Å². The highest BCUT2D eigenvalue weighted by atomic mass is 16.5. The molecule has 94 valence electrons. The summed E-state index contributed by atoms with van der Waals surface area (Å²) in [5.74, 6) is 0.483. The molecule has 0 saturated heterocycles. The van der Waals surface area contributed by atoms with Crippen LogP contribution in [0, 0.1) is 11.3 Å². The average Bonchev–Trinajstić information content (AvgIpc) is 2.17. The third kappa shape index (κ3) is 3.78. The van der Waals surface area contributed by atoms with Gasteiger partial charge in [0.15, 0.2) is 0 Å². The van der Waals surface area contributed by atoms with Gasteiger partial charge in [-0.2, -0.15) is 0 Å². The predicted octanol–water partition coefficient (Wildman–Crippen LogP) is 2.48. The van der Waals surface area contributed by atoms with Crippen molar-refractivity contribution in [2.24, 2.45) is 17.1 Å². The van der Waals surface area contributed by atoms with Crippen LogP contribution in [0.5, 0.6) is 0 Å². The van der Waals surface area contributed by atoms with E-state index in [1.165, 1.54) is 0 Å². The average molecular weight is 227 g/mol. The first-order chi connectivity index (χ1) is 7.30. The molecule has 0 bridgehead atoms. The molecule has 1 unspecified atom stereocenters. The molecule has 0 amide bonds. The lowest BCUT2D eigenvalue weighted by Gasteiger charge is -2.36. The molecule has 1 fully saturated rings. The van der Waals surface area contributed by atoms with Crippen molar-refractivity contribution in [2.75, 3.05) is 0 Å². The van der Waals surface area contributed by atoms with Gasteiger partial charge in [0.2, 0.25) is 0 Å². The fourth-order valence-electron chi connectivity index (χ4n) is 2.32. The molecule has 1 rings (SSSR count). The number of rotatable bonds is 2. The largest absolute Gasteiger partial charge is 0.461 e. The van der Waals surface area contributed by atoms with Crippen LogP contribution >= 0.6 is 0 Å². The molecule has 1 aliphatic rings. The van der Waals surface area contributed by atoms with Crippen LogP contribution in [0.25, 0.3) is 0 Å². The van der Waals surface area contributed by atoms with Crippen molar-refractivity contribution in [1.82, 2.24) is 0 Å². The Morgan fingerprint density at radius 3 is 2.12 bits per heavy atom. The molecule has 0 aromatic heterocycles. The SMILES string of the molecule is CC(N)C(=O)OC1CCC(C(C)(C)C)CC1. The molecule has 3 nitrogen and oxygen atoms in total. The Balaban J connectivity index is 2.35. The number of ether oxygens (including phenoxy) is 1. The Hall–Kier alpha value is -0.570. The number of hydrogen-bond donors (Lipinski definition) is 1. The van der Waals surface area contributed by atoms with Gasteiger partial charge >= 0.3 is 5.97 Å². The van der Waals surface area contributed by atoms with E-state index in [4.69, 9.17) is 10.5 Å². The second-order valence-electron chi connectivity index (χ2n) is 6.07. The Morgan fingerprint density at radius 2 is 1.75 bits per heavy atom. The summed E-state index contributed by atoms with van der Waals surface area (Å²) in [5, 5.41) is 0. The van der Waals surface area contributed by atoms with Crippen molar-refractivity contribution in [3.05, 3.63) is 0 Å². The normalized spacial score (nSPS) is 28.6. The van der Waals surface area contributed by atoms with Crippen molar-refractivity contribution in [1.29, 1.82) is 0 Å². The summed E-state index contributed by atoms with van der Waals surface area (Å²) < 4.78 is 5.35. The van der Waals surface area contributed by atoms with Gasteiger partial charge < -0.3 is 10.5 Å². The zero-order chi connectivity index (χ0) is 12.3. The van der Waals surface area contributed by atoms with E-state index in [9.17, 15) is 4.79 Å². The molecule has 0 aliphatic heterocycles. The zero-order valence-electron chi connectivity index (χ0n) is 11.0. The highest BCUT2D eigenvalue weighted by Gasteiger charge is 2.31. The van der Waals surface area contributed by atoms with Crippen LogP contribution in [-0.4, -0.2) is 18.1 Å². The maximum absolute atomic E-state index is 11.3. The number of hydrogen-bond acceptors (Lipinski definition) is 3. The van der Waals surface area contributed by atoms with E-state index >= 15 is 0 Å². The minimum absolute atomic E-state index is 0.0945. The van der Waals surface area contributed by atoms with Crippen LogP contribution in [0.3, 0.4) is 0 Å². The lowest BCUT2D eigenvalue weighted by atomic mass is 9.72. The van der Waals surface area contributed by atoms with Gasteiger partial charge in [0.25, 0.3) is 0 Å². The van der Waals surface area contributed by atoms with Crippen molar-refractivity contribution < 1.29 is 9.53 Å². The summed E-state index contributed by atoms with van der Waals surface area (Å²) in [5.41, 5.74) is 5.85. The Kier molecular flexibility index (Phi) is 4.36. The summed E-state index contributed by atoms with van der Waals surface area (Å²) in [6.45, 7) is 8.52. The molecule has 0 radical (unpaired) electrons. The van der Waals surface area contributed by atoms with Gasteiger partial charge in [-0.05, 0) is 43.9 Å². The Labute approximate surface area is 98.7 Å². The van der Waals surface area contributed by atoms with Crippen LogP contribution < -0.4 is 5.73 Å². The van der Waals surface area contributed by atoms with Crippen molar-refractivity contribution in [3.63, 3.8) is 0 Å². The van der Waals surface area contributed by atoms with E-state index < -0.39 is 6.04 Å². The first-order valence-electron chi connectivity index (χ1n) is 6.26. The maximum atomic E-state index is 11.3. The van der Waals surface area contributed by atoms with E-state index in [-0.39, 0.29) is 12.1 Å². The summed E-state index contributed by atoms with van der Waals surface area (Å²) in [6.07, 6.45) is 4.37. The predicted molar refractivity (Wildman–Crippen MR) is 64.9 cm³/mol. The molecule has 16 heavy (non-hydrogen) atoms. The maximum Gasteiger partial charge on any atom is 0.322 e. The van der Waals surface area contributed by atoms with E-state index in [0.29, 0.717) is 5.41 Å². The minimum Gasteiger partial charge on any atom is -0.461 e. The standard InChI is InChI=1S/C13H25NO2/c1-9(14)12(15)16-11-7-5-10(6-8-11)13(2,3)4/h9-11H,5-8,14H2,1-4H3. The highest BCUT2D eigenvalue weighted by Crippen LogP contribution is 2.38. The molecule has 1 saturated carbocycles. The molecule has 0 heterocycles. The van der Waals surface area contributed by atoms with E-state index in [0.717, 1.165) is 31.6 Å². The summed E-state index contributed by atoms with van der Waals surface area (Å²) in [6, 6.07) is -0.500. The molecule has 2 N–H and O–H groups in total. The molecular formula is C13H25NO2. The van der Waals surface area contributed by atoms with Crippen LogP contribution in [0.15, 0.2) is 0 Å². The molecule has 1 aliphatic carbocycles. The third-order valence-electron chi connectivity index (χ3n) is 3.55. The molecule has 3 heteroatoms. The number of nitrogens with two attached hydrogens (primary N) is 1. The Bertz CT molecular complexity index is 235. The molecular weight excluding hydrogens is 202 g/mol. The van der Waals surface area contributed by atoms with Gasteiger partial charge in [-0.3, -0.25) is 4.79 Å². The summed E-state index contributed by atoms with van der Waals surface area (Å²) >= 11 is 0. The van der Waals surface area contributed by atoms with Gasteiger partial charge in [0.05, 0.1) is 0 Å². The van der Waals surface area contributed by atoms with Crippen molar-refractivity contribution in [2.45, 2.75) is 65.5 Å². The smallest absolute Gasteiger partial charge is 0.322 e. The molecule has 0 spiro atoms. The van der Waals surface area contributed by atoms with E-state index in [1.807, 2.05) is 0 Å². The van der Waals surface area contributed by atoms with Crippen molar-refractivity contribution >= 4 is 5.97 Å². The quantitative estimate of drug-likeness (QED) is 0.737. The number of esters is 1. The molecule has 0 aromatic carbocycles. The summed E-state index contributed by atoms with van der Waals surface area (Å²) in [7, 11) is 0. The second kappa shape index (κ2) is 5.17. The fourth-order valence-corrected chi connectivity index (χ4v) is 2.32. The zero-order valence-corrected chi connectivity index (χ0v) is 11.0. The van der Waals surface area contributed by atoms with Crippen LogP contribution in [0.4, 0.5) is 0 Å². The number of carbonyl (C=O) groups excluding carboxylic acids is 1. The lowest BCUT2D eigenvalue weighted by molar-refractivity contribution is -0.152. The van der Waals surface area contributed by atoms with Crippen molar-refractivity contribution in [3.8, 4) is 0 Å². The Morgan fingerprint density at radius 1 is 1.25 bits per heavy atom. The van der Waals surface area contributed by atoms with Gasteiger partial charge in [0.1, 0.15) is 12.1 Å². The van der Waals surface area contributed by atoms with Crippen LogP contribution in [0.1, 0.15) is 53.4 Å². The van der Waals surface area contributed by atoms with Gasteiger partial charge in [-0.1, -0.05) is 20.8 Å².